The van der Waals surface area contributed by atoms with Crippen LogP contribution in [0.3, 0.4) is 0 Å². The van der Waals surface area contributed by atoms with Crippen molar-refractivity contribution in [2.75, 3.05) is 7.05 Å². The van der Waals surface area contributed by atoms with Crippen LogP contribution in [-0.4, -0.2) is 44.4 Å². The maximum atomic E-state index is 13.0. The van der Waals surface area contributed by atoms with E-state index >= 15 is 0 Å². The first kappa shape index (κ1) is 26.0. The average Bonchev–Trinajstić information content (AvgIpc) is 3.62. The Labute approximate surface area is 234 Å². The summed E-state index contributed by atoms with van der Waals surface area (Å²) in [5.41, 5.74) is 5.82. The number of ketones is 1. The van der Waals surface area contributed by atoms with Gasteiger partial charge in [0.1, 0.15) is 0 Å². The molecule has 2 heterocycles. The molecule has 0 bridgehead atoms. The second-order valence-electron chi connectivity index (χ2n) is 11.0. The van der Waals surface area contributed by atoms with Gasteiger partial charge in [0.25, 0.3) is 5.91 Å². The van der Waals surface area contributed by atoms with Gasteiger partial charge in [0.15, 0.2) is 5.78 Å². The van der Waals surface area contributed by atoms with Crippen molar-refractivity contribution < 1.29 is 9.59 Å². The topological polar surface area (TPSA) is 83.0 Å². The van der Waals surface area contributed by atoms with Gasteiger partial charge >= 0.3 is 0 Å². The molecule has 7 heteroatoms. The lowest BCUT2D eigenvalue weighted by Crippen LogP contribution is -2.32. The van der Waals surface area contributed by atoms with Crippen LogP contribution in [0.5, 0.6) is 0 Å². The molecule has 0 atom stereocenters. The van der Waals surface area contributed by atoms with Crippen LogP contribution in [0.1, 0.15) is 65.7 Å². The zero-order chi connectivity index (χ0) is 27.5. The van der Waals surface area contributed by atoms with E-state index in [4.69, 9.17) is 0 Å². The van der Waals surface area contributed by atoms with Crippen LogP contribution in [0.4, 0.5) is 0 Å². The highest BCUT2D eigenvalue weighted by molar-refractivity contribution is 6.23. The molecule has 0 radical (unpaired) electrons. The molecule has 2 aliphatic rings. The lowest BCUT2D eigenvalue weighted by molar-refractivity contribution is -0.113. The quantitative estimate of drug-likeness (QED) is 0.298. The van der Waals surface area contributed by atoms with Gasteiger partial charge in [0.2, 0.25) is 0 Å². The molecule has 0 unspecified atom stereocenters. The summed E-state index contributed by atoms with van der Waals surface area (Å²) < 4.78 is 1.75. The number of carbonyl (C=O) groups excluding carboxylic acids is 2. The van der Waals surface area contributed by atoms with Crippen molar-refractivity contribution in [1.82, 2.24) is 25.0 Å². The summed E-state index contributed by atoms with van der Waals surface area (Å²) in [7, 11) is 2.23. The van der Waals surface area contributed by atoms with Crippen molar-refractivity contribution >= 4 is 28.2 Å². The Balaban J connectivity index is 1.14. The molecule has 2 aliphatic carbocycles. The number of hydrogen-bond donors (Lipinski definition) is 2. The Morgan fingerprint density at radius 1 is 1.07 bits per heavy atom. The number of H-pyrrole nitrogens is 1. The van der Waals surface area contributed by atoms with E-state index in [0.717, 1.165) is 28.7 Å². The van der Waals surface area contributed by atoms with E-state index in [0.29, 0.717) is 29.4 Å². The molecule has 2 N–H and O–H groups in total. The van der Waals surface area contributed by atoms with Gasteiger partial charge in [-0.1, -0.05) is 61.7 Å². The molecule has 0 aliphatic heterocycles. The van der Waals surface area contributed by atoms with Gasteiger partial charge in [-0.15, -0.1) is 0 Å². The number of aromatic amines is 1. The van der Waals surface area contributed by atoms with Crippen molar-refractivity contribution in [3.8, 4) is 0 Å². The van der Waals surface area contributed by atoms with Gasteiger partial charge in [-0.05, 0) is 55.3 Å². The van der Waals surface area contributed by atoms with Crippen molar-refractivity contribution in [3.05, 3.63) is 107 Å². The maximum absolute atomic E-state index is 13.0. The molecule has 1 amide bonds. The third kappa shape index (κ3) is 5.84. The molecule has 1 fully saturated rings. The number of benzene rings is 2. The fourth-order valence-electron chi connectivity index (χ4n) is 5.83. The molecule has 2 aromatic heterocycles. The predicted molar refractivity (Wildman–Crippen MR) is 158 cm³/mol. The van der Waals surface area contributed by atoms with E-state index in [-0.39, 0.29) is 18.1 Å². The second-order valence-corrected chi connectivity index (χ2v) is 11.0. The number of amides is 1. The summed E-state index contributed by atoms with van der Waals surface area (Å²) in [4.78, 5) is 31.7. The van der Waals surface area contributed by atoms with E-state index < -0.39 is 0 Å². The van der Waals surface area contributed by atoms with Crippen molar-refractivity contribution in [2.45, 2.75) is 57.7 Å². The molecule has 2 aromatic carbocycles. The zero-order valence-corrected chi connectivity index (χ0v) is 22.9. The molecule has 7 nitrogen and oxygen atoms in total. The minimum atomic E-state index is -0.251. The molecule has 40 heavy (non-hydrogen) atoms. The largest absolute Gasteiger partial charge is 0.354 e. The first-order chi connectivity index (χ1) is 19.5. The number of aromatic nitrogens is 3. The smallest absolute Gasteiger partial charge is 0.258 e. The van der Waals surface area contributed by atoms with E-state index in [1.54, 1.807) is 29.2 Å². The van der Waals surface area contributed by atoms with E-state index in [1.807, 2.05) is 36.4 Å². The van der Waals surface area contributed by atoms with Gasteiger partial charge in [-0.25, -0.2) is 0 Å². The van der Waals surface area contributed by atoms with Gasteiger partial charge < -0.3 is 10.3 Å². The zero-order valence-electron chi connectivity index (χ0n) is 22.9. The highest BCUT2D eigenvalue weighted by Gasteiger charge is 2.21. The highest BCUT2D eigenvalue weighted by atomic mass is 16.1. The summed E-state index contributed by atoms with van der Waals surface area (Å²) in [5, 5.41) is 8.37. The molecular formula is C33H35N5O2. The highest BCUT2D eigenvalue weighted by Crippen LogP contribution is 2.28. The van der Waals surface area contributed by atoms with Gasteiger partial charge in [0, 0.05) is 47.4 Å². The van der Waals surface area contributed by atoms with Crippen molar-refractivity contribution in [2.24, 2.45) is 0 Å². The third-order valence-electron chi connectivity index (χ3n) is 8.05. The standard InChI is InChI=1S/C33H35N5O2/c1-37(28-10-6-3-7-11-28)20-24-12-14-30-25(16-24)17-31(36-30)29-18-27(13-15-32(29)39)35-33(40)26-19-34-38(22-26)21-23-8-4-2-5-9-23/h2,4-5,8-9,12-14,16-19,22,28,36H,3,6-7,10-11,15,20-21H2,1H3,(H,35,40). The molecule has 204 valence electrons. The minimum absolute atomic E-state index is 0.0255. The average molecular weight is 534 g/mol. The fraction of sp³-hybridized carbons (Fsp3) is 0.303. The predicted octanol–water partition coefficient (Wildman–Crippen LogP) is 5.85. The number of Topliss-reactive ketones (excluding diaryl/α,β-unsaturated/α-hetero) is 1. The lowest BCUT2D eigenvalue weighted by atomic mass is 9.94. The lowest BCUT2D eigenvalue weighted by Gasteiger charge is -2.31. The van der Waals surface area contributed by atoms with Crippen LogP contribution in [0.25, 0.3) is 16.5 Å². The monoisotopic (exact) mass is 533 g/mol. The summed E-state index contributed by atoms with van der Waals surface area (Å²) in [6.45, 7) is 1.51. The number of hydrogen-bond acceptors (Lipinski definition) is 4. The third-order valence-corrected chi connectivity index (χ3v) is 8.05. The summed E-state index contributed by atoms with van der Waals surface area (Å²) in [6, 6.07) is 19.2. The van der Waals surface area contributed by atoms with E-state index in [9.17, 15) is 9.59 Å². The van der Waals surface area contributed by atoms with Crippen LogP contribution in [-0.2, 0) is 17.9 Å². The van der Waals surface area contributed by atoms with Crippen LogP contribution in [0.2, 0.25) is 0 Å². The number of fused-ring (bicyclic) bond motifs is 1. The summed E-state index contributed by atoms with van der Waals surface area (Å²) >= 11 is 0. The molecule has 0 saturated heterocycles. The van der Waals surface area contributed by atoms with Crippen molar-refractivity contribution in [1.29, 1.82) is 0 Å². The Bertz CT molecular complexity index is 1590. The van der Waals surface area contributed by atoms with Crippen LogP contribution in [0.15, 0.2) is 84.8 Å². The normalized spacial score (nSPS) is 16.3. The number of allylic oxidation sites excluding steroid dienone is 3. The Morgan fingerprint density at radius 3 is 2.73 bits per heavy atom. The minimum Gasteiger partial charge on any atom is -0.354 e. The first-order valence-corrected chi connectivity index (χ1v) is 14.2. The molecule has 0 spiro atoms. The summed E-state index contributed by atoms with van der Waals surface area (Å²) in [6.07, 6.45) is 13.7. The van der Waals surface area contributed by atoms with Crippen LogP contribution >= 0.6 is 0 Å². The maximum Gasteiger partial charge on any atom is 0.258 e. The second kappa shape index (κ2) is 11.5. The summed E-state index contributed by atoms with van der Waals surface area (Å²) in [5.74, 6) is -0.226. The Kier molecular flexibility index (Phi) is 7.47. The fourth-order valence-corrected chi connectivity index (χ4v) is 5.83. The van der Waals surface area contributed by atoms with Gasteiger partial charge in [-0.2, -0.15) is 5.10 Å². The number of nitrogens with zero attached hydrogens (tertiary/aromatic N) is 3. The van der Waals surface area contributed by atoms with Gasteiger partial charge in [-0.3, -0.25) is 19.2 Å². The number of nitrogens with one attached hydrogen (secondary N) is 2. The van der Waals surface area contributed by atoms with Crippen LogP contribution in [0, 0.1) is 0 Å². The van der Waals surface area contributed by atoms with Crippen LogP contribution < -0.4 is 5.32 Å². The Morgan fingerprint density at radius 2 is 1.90 bits per heavy atom. The number of carbonyl (C=O) groups is 2. The Hall–Kier alpha value is -4.23. The molecule has 6 rings (SSSR count). The van der Waals surface area contributed by atoms with Gasteiger partial charge in [0.05, 0.1) is 24.0 Å². The first-order valence-electron chi connectivity index (χ1n) is 14.2. The molecular weight excluding hydrogens is 498 g/mol. The van der Waals surface area contributed by atoms with E-state index in [2.05, 4.69) is 45.5 Å². The number of rotatable bonds is 8. The van der Waals surface area contributed by atoms with Crippen molar-refractivity contribution in [3.63, 3.8) is 0 Å². The SMILES string of the molecule is CN(Cc1ccc2[nH]c(C3=CC(NC(=O)c4cnn(Cc5ccccc5)c4)=CCC3=O)cc2c1)C1CCCCC1. The molecule has 4 aromatic rings. The van der Waals surface area contributed by atoms with E-state index in [1.165, 1.54) is 37.7 Å². The molecule has 1 saturated carbocycles.